The second-order valence-corrected chi connectivity index (χ2v) is 4.93. The van der Waals surface area contributed by atoms with Crippen LogP contribution in [0.3, 0.4) is 0 Å². The van der Waals surface area contributed by atoms with Gasteiger partial charge >= 0.3 is 5.97 Å². The summed E-state index contributed by atoms with van der Waals surface area (Å²) >= 11 is 0. The van der Waals surface area contributed by atoms with Crippen molar-refractivity contribution in [1.29, 1.82) is 0 Å². The highest BCUT2D eigenvalue weighted by atomic mass is 16.7. The van der Waals surface area contributed by atoms with E-state index in [0.29, 0.717) is 12.0 Å². The van der Waals surface area contributed by atoms with Crippen molar-refractivity contribution in [3.8, 4) is 0 Å². The maximum atomic E-state index is 11.7. The maximum absolute atomic E-state index is 11.7. The Kier molecular flexibility index (Phi) is 5.68. The molecule has 0 bridgehead atoms. The molecule has 0 fully saturated rings. The summed E-state index contributed by atoms with van der Waals surface area (Å²) in [6.45, 7) is 0. The minimum atomic E-state index is -0.606. The molecular weight excluding hydrogens is 280 g/mol. The number of carbonyl (C=O) groups is 2. The highest BCUT2D eigenvalue weighted by Gasteiger charge is 2.13. The summed E-state index contributed by atoms with van der Waals surface area (Å²) in [5.41, 5.74) is 9.48. The fourth-order valence-electron chi connectivity index (χ4n) is 2.01. The summed E-state index contributed by atoms with van der Waals surface area (Å²) in [7, 11) is 0. The predicted octanol–water partition coefficient (Wildman–Crippen LogP) is 1.83. The molecule has 2 aromatic rings. The Morgan fingerprint density at radius 1 is 1.00 bits per heavy atom. The molecule has 1 amide bonds. The van der Waals surface area contributed by atoms with Gasteiger partial charge in [-0.1, -0.05) is 48.5 Å². The predicted molar refractivity (Wildman–Crippen MR) is 82.7 cm³/mol. The van der Waals surface area contributed by atoms with Crippen molar-refractivity contribution in [2.45, 2.75) is 18.9 Å². The highest BCUT2D eigenvalue weighted by molar-refractivity contribution is 5.90. The standard InChI is InChI=1S/C17H18N2O3/c18-15(11-13-7-3-1-4-8-13)12-16(20)19-22-17(21)14-9-5-2-6-10-14/h1-10,15H,11-12,18H2,(H,19,20)/t15-/m1/s1. The number of nitrogens with two attached hydrogens (primary N) is 1. The zero-order chi connectivity index (χ0) is 15.8. The van der Waals surface area contributed by atoms with Crippen molar-refractivity contribution >= 4 is 11.9 Å². The number of rotatable bonds is 5. The zero-order valence-electron chi connectivity index (χ0n) is 12.1. The van der Waals surface area contributed by atoms with Crippen LogP contribution >= 0.6 is 0 Å². The Morgan fingerprint density at radius 2 is 1.59 bits per heavy atom. The van der Waals surface area contributed by atoms with Gasteiger partial charge in [0.25, 0.3) is 5.91 Å². The molecule has 22 heavy (non-hydrogen) atoms. The van der Waals surface area contributed by atoms with E-state index in [9.17, 15) is 9.59 Å². The Morgan fingerprint density at radius 3 is 2.23 bits per heavy atom. The molecule has 2 rings (SSSR count). The molecule has 114 valence electrons. The van der Waals surface area contributed by atoms with Crippen molar-refractivity contribution in [2.75, 3.05) is 0 Å². The summed E-state index contributed by atoms with van der Waals surface area (Å²) in [5, 5.41) is 0. The highest BCUT2D eigenvalue weighted by Crippen LogP contribution is 2.04. The van der Waals surface area contributed by atoms with Crippen molar-refractivity contribution in [3.05, 3.63) is 71.8 Å². The van der Waals surface area contributed by atoms with Gasteiger partial charge in [0, 0.05) is 12.5 Å². The van der Waals surface area contributed by atoms with Crippen LogP contribution in [0.4, 0.5) is 0 Å². The van der Waals surface area contributed by atoms with Gasteiger partial charge in [0.2, 0.25) is 0 Å². The summed E-state index contributed by atoms with van der Waals surface area (Å²) in [6.07, 6.45) is 0.665. The second-order valence-electron chi connectivity index (χ2n) is 4.93. The molecule has 0 saturated carbocycles. The first-order valence-corrected chi connectivity index (χ1v) is 6.99. The third kappa shape index (κ3) is 5.03. The van der Waals surface area contributed by atoms with Gasteiger partial charge in [0.05, 0.1) is 5.56 Å². The van der Waals surface area contributed by atoms with Gasteiger partial charge in [0.1, 0.15) is 0 Å². The van der Waals surface area contributed by atoms with Crippen LogP contribution in [0.1, 0.15) is 22.3 Å². The van der Waals surface area contributed by atoms with E-state index in [4.69, 9.17) is 10.6 Å². The smallest absolute Gasteiger partial charge is 0.335 e. The lowest BCUT2D eigenvalue weighted by atomic mass is 10.0. The number of hydroxylamine groups is 1. The number of hydrogen-bond acceptors (Lipinski definition) is 4. The van der Waals surface area contributed by atoms with Gasteiger partial charge in [-0.05, 0) is 24.1 Å². The van der Waals surface area contributed by atoms with Crippen molar-refractivity contribution < 1.29 is 14.4 Å². The SMILES string of the molecule is N[C@@H](CC(=O)NOC(=O)c1ccccc1)Cc1ccccc1. The topological polar surface area (TPSA) is 81.4 Å². The van der Waals surface area contributed by atoms with Crippen LogP contribution in [-0.4, -0.2) is 17.9 Å². The third-order valence-electron chi connectivity index (χ3n) is 3.06. The fraction of sp³-hybridized carbons (Fsp3) is 0.176. The lowest BCUT2D eigenvalue weighted by Crippen LogP contribution is -2.34. The lowest BCUT2D eigenvalue weighted by molar-refractivity contribution is -0.130. The Bertz CT molecular complexity index is 614. The minimum Gasteiger partial charge on any atom is -0.335 e. The Balaban J connectivity index is 1.75. The largest absolute Gasteiger partial charge is 0.362 e. The normalized spacial score (nSPS) is 11.5. The second kappa shape index (κ2) is 7.95. The van der Waals surface area contributed by atoms with E-state index >= 15 is 0 Å². The van der Waals surface area contributed by atoms with Crippen LogP contribution in [0.2, 0.25) is 0 Å². The quantitative estimate of drug-likeness (QED) is 0.825. The molecule has 0 aliphatic heterocycles. The summed E-state index contributed by atoms with van der Waals surface area (Å²) in [5.74, 6) is -1.03. The number of benzene rings is 2. The average Bonchev–Trinajstić information content (AvgIpc) is 2.54. The Labute approximate surface area is 129 Å². The van der Waals surface area contributed by atoms with E-state index in [2.05, 4.69) is 5.48 Å². The van der Waals surface area contributed by atoms with Crippen LogP contribution in [0.15, 0.2) is 60.7 Å². The van der Waals surface area contributed by atoms with Crippen molar-refractivity contribution in [3.63, 3.8) is 0 Å². The van der Waals surface area contributed by atoms with E-state index < -0.39 is 11.9 Å². The molecule has 5 nitrogen and oxygen atoms in total. The first-order valence-electron chi connectivity index (χ1n) is 6.99. The van der Waals surface area contributed by atoms with Gasteiger partial charge in [-0.2, -0.15) is 5.48 Å². The molecule has 0 spiro atoms. The van der Waals surface area contributed by atoms with Crippen LogP contribution in [0.5, 0.6) is 0 Å². The van der Waals surface area contributed by atoms with Crippen molar-refractivity contribution in [2.24, 2.45) is 5.73 Å². The molecule has 0 saturated heterocycles. The summed E-state index contributed by atoms with van der Waals surface area (Å²) in [4.78, 5) is 28.1. The van der Waals surface area contributed by atoms with Crippen LogP contribution in [0, 0.1) is 0 Å². The van der Waals surface area contributed by atoms with E-state index in [1.807, 2.05) is 30.3 Å². The zero-order valence-corrected chi connectivity index (χ0v) is 12.1. The van der Waals surface area contributed by atoms with Gasteiger partial charge in [-0.15, -0.1) is 0 Å². The molecule has 0 unspecified atom stereocenters. The molecule has 0 aliphatic carbocycles. The van der Waals surface area contributed by atoms with E-state index in [0.717, 1.165) is 5.56 Å². The van der Waals surface area contributed by atoms with E-state index in [1.54, 1.807) is 30.3 Å². The molecule has 3 N–H and O–H groups in total. The van der Waals surface area contributed by atoms with Gasteiger partial charge in [-0.25, -0.2) is 4.79 Å². The first-order chi connectivity index (χ1) is 10.6. The van der Waals surface area contributed by atoms with E-state index in [-0.39, 0.29) is 12.5 Å². The molecule has 1 atom stereocenters. The number of amides is 1. The van der Waals surface area contributed by atoms with Gasteiger partial charge in [0.15, 0.2) is 0 Å². The third-order valence-corrected chi connectivity index (χ3v) is 3.06. The molecule has 0 heterocycles. The summed E-state index contributed by atoms with van der Waals surface area (Å²) in [6, 6.07) is 17.8. The van der Waals surface area contributed by atoms with Gasteiger partial charge in [-0.3, -0.25) is 4.79 Å². The van der Waals surface area contributed by atoms with Crippen LogP contribution < -0.4 is 11.2 Å². The molecule has 0 aliphatic rings. The molecule has 0 radical (unpaired) electrons. The number of nitrogens with one attached hydrogen (secondary N) is 1. The molecule has 2 aromatic carbocycles. The van der Waals surface area contributed by atoms with E-state index in [1.165, 1.54) is 0 Å². The van der Waals surface area contributed by atoms with Crippen LogP contribution in [-0.2, 0) is 16.1 Å². The lowest BCUT2D eigenvalue weighted by Gasteiger charge is -2.11. The monoisotopic (exact) mass is 298 g/mol. The number of carbonyl (C=O) groups excluding carboxylic acids is 2. The maximum Gasteiger partial charge on any atom is 0.362 e. The van der Waals surface area contributed by atoms with Gasteiger partial charge < -0.3 is 10.6 Å². The Hall–Kier alpha value is -2.66. The number of hydrogen-bond donors (Lipinski definition) is 2. The van der Waals surface area contributed by atoms with Crippen molar-refractivity contribution in [1.82, 2.24) is 5.48 Å². The average molecular weight is 298 g/mol. The fourth-order valence-corrected chi connectivity index (χ4v) is 2.01. The molecular formula is C17H18N2O3. The van der Waals surface area contributed by atoms with Crippen LogP contribution in [0.25, 0.3) is 0 Å². The minimum absolute atomic E-state index is 0.0803. The molecule has 0 aromatic heterocycles. The summed E-state index contributed by atoms with van der Waals surface area (Å²) < 4.78 is 0. The first kappa shape index (κ1) is 15.7. The molecule has 5 heteroatoms.